The highest BCUT2D eigenvalue weighted by molar-refractivity contribution is 7.17. The normalized spacial score (nSPS) is 16.2. The van der Waals surface area contributed by atoms with Crippen LogP contribution in [0.4, 0.5) is 0 Å². The third kappa shape index (κ3) is 5.16. The van der Waals surface area contributed by atoms with Crippen LogP contribution in [0.3, 0.4) is 0 Å². The average Bonchev–Trinajstić information content (AvgIpc) is 3.28. The van der Waals surface area contributed by atoms with Crippen LogP contribution in [0.2, 0.25) is 0 Å². The Morgan fingerprint density at radius 1 is 1.28 bits per heavy atom. The molecular weight excluding hydrogens is 428 g/mol. The van der Waals surface area contributed by atoms with Crippen LogP contribution in [-0.2, 0) is 16.1 Å². The molecule has 2 aromatic heterocycles. The third-order valence-electron chi connectivity index (χ3n) is 5.58. The molecule has 3 aromatic rings. The Labute approximate surface area is 189 Å². The van der Waals surface area contributed by atoms with E-state index in [4.69, 9.17) is 4.74 Å². The van der Waals surface area contributed by atoms with Gasteiger partial charge in [-0.1, -0.05) is 18.2 Å². The Morgan fingerprint density at radius 2 is 2.09 bits per heavy atom. The molecule has 1 saturated heterocycles. The molecule has 1 fully saturated rings. The molecule has 1 aromatic carbocycles. The SMILES string of the molecule is CN(Cc1nc2ccsc2c(=O)[nH]1)C(=O)C1CCCN(C(=O)CCOc2ccccc2)C1. The molecule has 0 saturated carbocycles. The van der Waals surface area contributed by atoms with Crippen molar-refractivity contribution in [3.8, 4) is 5.75 Å². The summed E-state index contributed by atoms with van der Waals surface area (Å²) in [5.41, 5.74) is 0.453. The maximum atomic E-state index is 13.0. The molecule has 0 bridgehead atoms. The fourth-order valence-electron chi connectivity index (χ4n) is 3.95. The number of nitrogens with one attached hydrogen (secondary N) is 1. The molecule has 4 rings (SSSR count). The smallest absolute Gasteiger partial charge is 0.268 e. The topological polar surface area (TPSA) is 95.6 Å². The molecule has 32 heavy (non-hydrogen) atoms. The summed E-state index contributed by atoms with van der Waals surface area (Å²) in [6.07, 6.45) is 1.80. The van der Waals surface area contributed by atoms with E-state index < -0.39 is 0 Å². The lowest BCUT2D eigenvalue weighted by molar-refractivity contribution is -0.140. The highest BCUT2D eigenvalue weighted by Gasteiger charge is 2.30. The van der Waals surface area contributed by atoms with Crippen LogP contribution in [0.5, 0.6) is 5.75 Å². The summed E-state index contributed by atoms with van der Waals surface area (Å²) in [7, 11) is 1.70. The number of piperidine rings is 1. The van der Waals surface area contributed by atoms with Crippen molar-refractivity contribution >= 4 is 33.4 Å². The molecule has 1 unspecified atom stereocenters. The molecule has 1 aliphatic heterocycles. The fourth-order valence-corrected chi connectivity index (χ4v) is 4.67. The van der Waals surface area contributed by atoms with Crippen LogP contribution in [0.15, 0.2) is 46.6 Å². The van der Waals surface area contributed by atoms with Crippen molar-refractivity contribution in [2.24, 2.45) is 5.92 Å². The lowest BCUT2D eigenvalue weighted by Crippen LogP contribution is -2.46. The molecule has 1 N–H and O–H groups in total. The number of ether oxygens (including phenoxy) is 1. The highest BCUT2D eigenvalue weighted by Crippen LogP contribution is 2.20. The number of fused-ring (bicyclic) bond motifs is 1. The number of hydrogen-bond donors (Lipinski definition) is 1. The first kappa shape index (κ1) is 22.0. The van der Waals surface area contributed by atoms with E-state index in [9.17, 15) is 14.4 Å². The van der Waals surface area contributed by atoms with Gasteiger partial charge in [0.15, 0.2) is 0 Å². The first-order valence-electron chi connectivity index (χ1n) is 10.7. The lowest BCUT2D eigenvalue weighted by atomic mass is 9.96. The van der Waals surface area contributed by atoms with Crippen LogP contribution in [-0.4, -0.2) is 58.3 Å². The number of carbonyl (C=O) groups is 2. The van der Waals surface area contributed by atoms with Gasteiger partial charge in [0.05, 0.1) is 31.0 Å². The van der Waals surface area contributed by atoms with Gasteiger partial charge in [0, 0.05) is 20.1 Å². The number of amides is 2. The summed E-state index contributed by atoms with van der Waals surface area (Å²) < 4.78 is 6.21. The molecule has 9 heteroatoms. The fraction of sp³-hybridized carbons (Fsp3) is 0.391. The summed E-state index contributed by atoms with van der Waals surface area (Å²) in [5.74, 6) is 0.884. The maximum absolute atomic E-state index is 13.0. The number of benzene rings is 1. The van der Waals surface area contributed by atoms with E-state index in [2.05, 4.69) is 9.97 Å². The van der Waals surface area contributed by atoms with Crippen molar-refractivity contribution in [3.05, 3.63) is 58.0 Å². The summed E-state index contributed by atoms with van der Waals surface area (Å²) in [5, 5.41) is 1.82. The number of aromatic amines is 1. The molecule has 0 radical (unpaired) electrons. The second kappa shape index (κ2) is 9.95. The zero-order valence-corrected chi connectivity index (χ0v) is 18.8. The molecule has 8 nitrogen and oxygen atoms in total. The second-order valence-electron chi connectivity index (χ2n) is 7.93. The average molecular weight is 455 g/mol. The summed E-state index contributed by atoms with van der Waals surface area (Å²) in [6, 6.07) is 11.2. The minimum Gasteiger partial charge on any atom is -0.493 e. The predicted molar refractivity (Wildman–Crippen MR) is 123 cm³/mol. The largest absolute Gasteiger partial charge is 0.493 e. The van der Waals surface area contributed by atoms with E-state index in [1.54, 1.807) is 22.9 Å². The number of carbonyl (C=O) groups excluding carboxylic acids is 2. The van der Waals surface area contributed by atoms with E-state index >= 15 is 0 Å². The van der Waals surface area contributed by atoms with Gasteiger partial charge in [-0.3, -0.25) is 14.4 Å². The molecule has 0 spiro atoms. The Morgan fingerprint density at radius 3 is 2.91 bits per heavy atom. The van der Waals surface area contributed by atoms with E-state index in [0.29, 0.717) is 35.7 Å². The van der Waals surface area contributed by atoms with Crippen LogP contribution >= 0.6 is 11.3 Å². The minimum atomic E-state index is -0.260. The number of thiophene rings is 1. The van der Waals surface area contributed by atoms with Gasteiger partial charge in [-0.2, -0.15) is 0 Å². The van der Waals surface area contributed by atoms with Gasteiger partial charge in [0.25, 0.3) is 5.56 Å². The Kier molecular flexibility index (Phi) is 6.84. The number of para-hydroxylation sites is 1. The van der Waals surface area contributed by atoms with Gasteiger partial charge in [0.2, 0.25) is 11.8 Å². The monoisotopic (exact) mass is 454 g/mol. The van der Waals surface area contributed by atoms with Crippen LogP contribution in [0.25, 0.3) is 10.2 Å². The van der Waals surface area contributed by atoms with E-state index in [-0.39, 0.29) is 36.3 Å². The van der Waals surface area contributed by atoms with Crippen molar-refractivity contribution in [1.29, 1.82) is 0 Å². The Bertz CT molecular complexity index is 1140. The standard InChI is InChI=1S/C23H26N4O4S/c1-26(15-19-24-18-10-13-32-21(18)22(29)25-19)23(30)16-6-5-11-27(14-16)20(28)9-12-31-17-7-3-2-4-8-17/h2-4,7-8,10,13,16H,5-6,9,11-12,14-15H2,1H3,(H,24,25,29). The van der Waals surface area contributed by atoms with E-state index in [1.165, 1.54) is 11.3 Å². The quantitative estimate of drug-likeness (QED) is 0.592. The molecule has 2 amide bonds. The molecule has 0 aliphatic carbocycles. The number of likely N-dealkylation sites (tertiary alicyclic amines) is 1. The summed E-state index contributed by atoms with van der Waals surface area (Å²) >= 11 is 1.34. The number of aromatic nitrogens is 2. The zero-order valence-electron chi connectivity index (χ0n) is 18.0. The Balaban J connectivity index is 1.31. The summed E-state index contributed by atoms with van der Waals surface area (Å²) in [4.78, 5) is 48.3. The van der Waals surface area contributed by atoms with Gasteiger partial charge < -0.3 is 19.5 Å². The second-order valence-corrected chi connectivity index (χ2v) is 8.85. The van der Waals surface area contributed by atoms with Crippen molar-refractivity contribution in [1.82, 2.24) is 19.8 Å². The van der Waals surface area contributed by atoms with Gasteiger partial charge in [-0.15, -0.1) is 11.3 Å². The van der Waals surface area contributed by atoms with Crippen LogP contribution < -0.4 is 10.3 Å². The number of H-pyrrole nitrogens is 1. The van der Waals surface area contributed by atoms with E-state index in [1.807, 2.05) is 35.7 Å². The van der Waals surface area contributed by atoms with Gasteiger partial charge in [0.1, 0.15) is 16.3 Å². The number of rotatable bonds is 7. The van der Waals surface area contributed by atoms with Crippen LogP contribution in [0.1, 0.15) is 25.1 Å². The zero-order chi connectivity index (χ0) is 22.5. The first-order valence-corrected chi connectivity index (χ1v) is 11.6. The predicted octanol–water partition coefficient (Wildman–Crippen LogP) is 2.65. The molecule has 3 heterocycles. The highest BCUT2D eigenvalue weighted by atomic mass is 32.1. The van der Waals surface area contributed by atoms with Crippen molar-refractivity contribution in [2.45, 2.75) is 25.8 Å². The van der Waals surface area contributed by atoms with Crippen molar-refractivity contribution < 1.29 is 14.3 Å². The number of hydrogen-bond acceptors (Lipinski definition) is 6. The van der Waals surface area contributed by atoms with Crippen molar-refractivity contribution in [3.63, 3.8) is 0 Å². The van der Waals surface area contributed by atoms with Gasteiger partial charge >= 0.3 is 0 Å². The minimum absolute atomic E-state index is 0.00464. The van der Waals surface area contributed by atoms with Crippen LogP contribution in [0, 0.1) is 5.92 Å². The molecular formula is C23H26N4O4S. The number of nitrogens with zero attached hydrogens (tertiary/aromatic N) is 3. The van der Waals surface area contributed by atoms with Crippen molar-refractivity contribution in [2.75, 3.05) is 26.7 Å². The third-order valence-corrected chi connectivity index (χ3v) is 6.48. The lowest BCUT2D eigenvalue weighted by Gasteiger charge is -2.34. The first-order chi connectivity index (χ1) is 15.5. The van der Waals surface area contributed by atoms with Gasteiger partial charge in [-0.25, -0.2) is 4.98 Å². The summed E-state index contributed by atoms with van der Waals surface area (Å²) in [6.45, 7) is 1.58. The van der Waals surface area contributed by atoms with Gasteiger partial charge in [-0.05, 0) is 36.4 Å². The van der Waals surface area contributed by atoms with E-state index in [0.717, 1.165) is 18.6 Å². The molecule has 168 valence electrons. The Hall–Kier alpha value is -3.20. The molecule has 1 aliphatic rings. The molecule has 1 atom stereocenters. The maximum Gasteiger partial charge on any atom is 0.268 e.